The van der Waals surface area contributed by atoms with Crippen molar-refractivity contribution in [2.45, 2.75) is 58.8 Å². The highest BCUT2D eigenvalue weighted by Crippen LogP contribution is 2.22. The molecule has 32 heavy (non-hydrogen) atoms. The fraction of sp³-hybridized carbons (Fsp3) is 0.538. The minimum Gasteiger partial charge on any atom is -0.508 e. The van der Waals surface area contributed by atoms with Crippen molar-refractivity contribution in [1.82, 2.24) is 5.32 Å². The van der Waals surface area contributed by atoms with E-state index in [1.165, 1.54) is 22.8 Å². The standard InChI is InChI=1S/C26H39NO5/c1-20-13-21(2)15-22(14-20)19-32-12-11-31-10-6-4-3-5-9-27-17-26(30)23-7-8-25(29)24(16-23)18-28/h7-8,13-16,26-30H,3-6,9-12,17-19H2,1-2H3/t26-/m0/s1. The molecule has 0 saturated heterocycles. The lowest BCUT2D eigenvalue weighted by Gasteiger charge is -2.14. The Kier molecular flexibility index (Phi) is 12.3. The molecule has 1 atom stereocenters. The minimum atomic E-state index is -0.661. The van der Waals surface area contributed by atoms with E-state index in [2.05, 4.69) is 37.4 Å². The number of hydrogen-bond donors (Lipinski definition) is 4. The zero-order valence-corrected chi connectivity index (χ0v) is 19.5. The van der Waals surface area contributed by atoms with Crippen molar-refractivity contribution >= 4 is 0 Å². The van der Waals surface area contributed by atoms with Crippen LogP contribution in [-0.4, -0.2) is 48.2 Å². The van der Waals surface area contributed by atoms with Crippen molar-refractivity contribution in [1.29, 1.82) is 0 Å². The van der Waals surface area contributed by atoms with E-state index in [1.54, 1.807) is 12.1 Å². The molecule has 0 aliphatic heterocycles. The molecule has 6 nitrogen and oxygen atoms in total. The summed E-state index contributed by atoms with van der Waals surface area (Å²) in [5.74, 6) is 0.0465. The van der Waals surface area contributed by atoms with Crippen LogP contribution in [0.2, 0.25) is 0 Å². The van der Waals surface area contributed by atoms with Gasteiger partial charge in [-0.25, -0.2) is 0 Å². The maximum Gasteiger partial charge on any atom is 0.121 e. The number of aliphatic hydroxyl groups excluding tert-OH is 2. The Bertz CT molecular complexity index is 776. The van der Waals surface area contributed by atoms with Crippen molar-refractivity contribution in [3.63, 3.8) is 0 Å². The molecule has 0 aliphatic carbocycles. The average Bonchev–Trinajstić information content (AvgIpc) is 2.76. The van der Waals surface area contributed by atoms with Gasteiger partial charge in [-0.15, -0.1) is 0 Å². The summed E-state index contributed by atoms with van der Waals surface area (Å²) < 4.78 is 11.3. The van der Waals surface area contributed by atoms with Gasteiger partial charge in [0.25, 0.3) is 0 Å². The largest absolute Gasteiger partial charge is 0.508 e. The molecule has 2 rings (SSSR count). The normalized spacial score (nSPS) is 12.2. The van der Waals surface area contributed by atoms with Gasteiger partial charge in [0.05, 0.1) is 32.5 Å². The summed E-state index contributed by atoms with van der Waals surface area (Å²) in [7, 11) is 0. The Morgan fingerprint density at radius 3 is 2.34 bits per heavy atom. The maximum atomic E-state index is 10.2. The van der Waals surface area contributed by atoms with E-state index in [0.29, 0.717) is 37.5 Å². The third-order valence-corrected chi connectivity index (χ3v) is 5.31. The first-order valence-electron chi connectivity index (χ1n) is 11.5. The third kappa shape index (κ3) is 10.1. The number of aryl methyl sites for hydroxylation is 2. The Labute approximate surface area is 192 Å². The van der Waals surface area contributed by atoms with Crippen molar-refractivity contribution in [2.75, 3.05) is 32.9 Å². The number of benzene rings is 2. The van der Waals surface area contributed by atoms with Gasteiger partial charge < -0.3 is 30.1 Å². The summed E-state index contributed by atoms with van der Waals surface area (Å²) in [6, 6.07) is 11.3. The van der Waals surface area contributed by atoms with E-state index in [0.717, 1.165) is 38.8 Å². The van der Waals surface area contributed by atoms with Crippen molar-refractivity contribution in [2.24, 2.45) is 0 Å². The van der Waals surface area contributed by atoms with Gasteiger partial charge in [-0.2, -0.15) is 0 Å². The number of hydrogen-bond acceptors (Lipinski definition) is 6. The van der Waals surface area contributed by atoms with Crippen LogP contribution in [0.5, 0.6) is 5.75 Å². The van der Waals surface area contributed by atoms with Crippen LogP contribution < -0.4 is 5.32 Å². The van der Waals surface area contributed by atoms with E-state index in [9.17, 15) is 15.3 Å². The van der Waals surface area contributed by atoms with Crippen LogP contribution in [0.4, 0.5) is 0 Å². The Balaban J connectivity index is 1.41. The predicted molar refractivity (Wildman–Crippen MR) is 127 cm³/mol. The Hall–Kier alpha value is -1.96. The molecule has 178 valence electrons. The predicted octanol–water partition coefficient (Wildman–Crippen LogP) is 3.92. The number of rotatable bonds is 16. The van der Waals surface area contributed by atoms with Crippen LogP contribution in [0.15, 0.2) is 36.4 Å². The van der Waals surface area contributed by atoms with Crippen LogP contribution in [0.3, 0.4) is 0 Å². The Morgan fingerprint density at radius 2 is 1.59 bits per heavy atom. The van der Waals surface area contributed by atoms with Gasteiger partial charge in [0, 0.05) is 18.7 Å². The average molecular weight is 446 g/mol. The molecule has 0 fully saturated rings. The third-order valence-electron chi connectivity index (χ3n) is 5.31. The first kappa shape index (κ1) is 26.3. The molecule has 0 heterocycles. The second kappa shape index (κ2) is 15.0. The fourth-order valence-corrected chi connectivity index (χ4v) is 3.67. The topological polar surface area (TPSA) is 91.2 Å². The van der Waals surface area contributed by atoms with Gasteiger partial charge >= 0.3 is 0 Å². The second-order valence-corrected chi connectivity index (χ2v) is 8.34. The zero-order chi connectivity index (χ0) is 23.2. The first-order chi connectivity index (χ1) is 15.5. The van der Waals surface area contributed by atoms with E-state index in [-0.39, 0.29) is 12.4 Å². The minimum absolute atomic E-state index is 0.0465. The summed E-state index contributed by atoms with van der Waals surface area (Å²) in [4.78, 5) is 0. The molecule has 4 N–H and O–H groups in total. The molecule has 0 bridgehead atoms. The van der Waals surface area contributed by atoms with Crippen LogP contribution in [0.25, 0.3) is 0 Å². The number of aromatic hydroxyl groups is 1. The number of ether oxygens (including phenoxy) is 2. The van der Waals surface area contributed by atoms with E-state index >= 15 is 0 Å². The summed E-state index contributed by atoms with van der Waals surface area (Å²) in [6.07, 6.45) is 3.65. The van der Waals surface area contributed by atoms with Gasteiger partial charge in [-0.1, -0.05) is 48.2 Å². The van der Waals surface area contributed by atoms with Crippen LogP contribution in [0, 0.1) is 13.8 Å². The lowest BCUT2D eigenvalue weighted by atomic mass is 10.1. The van der Waals surface area contributed by atoms with Crippen molar-refractivity contribution in [3.8, 4) is 5.75 Å². The molecule has 0 radical (unpaired) electrons. The highest BCUT2D eigenvalue weighted by Gasteiger charge is 2.09. The molecule has 0 unspecified atom stereocenters. The van der Waals surface area contributed by atoms with Crippen LogP contribution in [-0.2, 0) is 22.7 Å². The summed E-state index contributed by atoms with van der Waals surface area (Å²) >= 11 is 0. The molecular weight excluding hydrogens is 406 g/mol. The Morgan fingerprint density at radius 1 is 0.875 bits per heavy atom. The number of nitrogens with one attached hydrogen (secondary N) is 1. The number of unbranched alkanes of at least 4 members (excludes halogenated alkanes) is 3. The summed E-state index contributed by atoms with van der Waals surface area (Å²) in [6.45, 7) is 7.87. The van der Waals surface area contributed by atoms with Crippen LogP contribution >= 0.6 is 0 Å². The van der Waals surface area contributed by atoms with Gasteiger partial charge in [-0.05, 0) is 56.5 Å². The summed E-state index contributed by atoms with van der Waals surface area (Å²) in [5, 5.41) is 32.3. The molecule has 2 aromatic carbocycles. The van der Waals surface area contributed by atoms with E-state index in [4.69, 9.17) is 9.47 Å². The highest BCUT2D eigenvalue weighted by molar-refractivity contribution is 5.36. The van der Waals surface area contributed by atoms with Crippen LogP contribution in [0.1, 0.15) is 59.6 Å². The summed E-state index contributed by atoms with van der Waals surface area (Å²) in [5.41, 5.74) is 4.85. The van der Waals surface area contributed by atoms with Gasteiger partial charge in [0.15, 0.2) is 0 Å². The molecular formula is C26H39NO5. The quantitative estimate of drug-likeness (QED) is 0.293. The molecule has 0 amide bonds. The monoisotopic (exact) mass is 445 g/mol. The molecule has 2 aromatic rings. The SMILES string of the molecule is Cc1cc(C)cc(COCCOCCCCCCNC[C@H](O)c2ccc(O)c(CO)c2)c1. The van der Waals surface area contributed by atoms with Gasteiger partial charge in [-0.3, -0.25) is 0 Å². The molecule has 6 heteroatoms. The molecule has 0 aromatic heterocycles. The van der Waals surface area contributed by atoms with Gasteiger partial charge in [0.1, 0.15) is 5.75 Å². The molecule has 0 spiro atoms. The van der Waals surface area contributed by atoms with E-state index in [1.807, 2.05) is 0 Å². The fourth-order valence-electron chi connectivity index (χ4n) is 3.67. The lowest BCUT2D eigenvalue weighted by molar-refractivity contribution is 0.0392. The smallest absolute Gasteiger partial charge is 0.121 e. The molecule has 0 aliphatic rings. The van der Waals surface area contributed by atoms with Crippen molar-refractivity contribution in [3.05, 3.63) is 64.2 Å². The lowest BCUT2D eigenvalue weighted by Crippen LogP contribution is -2.22. The van der Waals surface area contributed by atoms with E-state index < -0.39 is 6.10 Å². The van der Waals surface area contributed by atoms with Crippen molar-refractivity contribution < 1.29 is 24.8 Å². The molecule has 0 saturated carbocycles. The highest BCUT2D eigenvalue weighted by atomic mass is 16.5. The second-order valence-electron chi connectivity index (χ2n) is 8.34. The first-order valence-corrected chi connectivity index (χ1v) is 11.5. The van der Waals surface area contributed by atoms with Gasteiger partial charge in [0.2, 0.25) is 0 Å². The zero-order valence-electron chi connectivity index (χ0n) is 19.5. The maximum absolute atomic E-state index is 10.2. The number of aliphatic hydroxyl groups is 2. The number of phenols is 1.